The van der Waals surface area contributed by atoms with Crippen molar-refractivity contribution in [2.75, 3.05) is 7.05 Å². The Balaban J connectivity index is 2.19. The lowest BCUT2D eigenvalue weighted by Gasteiger charge is -2.12. The van der Waals surface area contributed by atoms with Crippen LogP contribution in [0.5, 0.6) is 0 Å². The van der Waals surface area contributed by atoms with Gasteiger partial charge in [0.2, 0.25) is 10.0 Å². The summed E-state index contributed by atoms with van der Waals surface area (Å²) < 4.78 is 29.6. The molecule has 1 unspecified atom stereocenters. The first kappa shape index (κ1) is 15.5. The van der Waals surface area contributed by atoms with Crippen LogP contribution in [-0.4, -0.2) is 26.1 Å². The summed E-state index contributed by atoms with van der Waals surface area (Å²) in [5.74, 6) is 0.513. The molecule has 1 atom stereocenters. The van der Waals surface area contributed by atoms with E-state index >= 15 is 0 Å². The van der Waals surface area contributed by atoms with Crippen LogP contribution in [0, 0.1) is 5.92 Å². The zero-order valence-electron chi connectivity index (χ0n) is 12.5. The smallest absolute Gasteiger partial charge is 0.242 e. The van der Waals surface area contributed by atoms with Crippen LogP contribution in [0.2, 0.25) is 0 Å². The second kappa shape index (κ2) is 6.28. The Hall–Kier alpha value is -0.850. The molecule has 0 radical (unpaired) electrons. The summed E-state index contributed by atoms with van der Waals surface area (Å²) in [4.78, 5) is 0.378. The van der Waals surface area contributed by atoms with Crippen LogP contribution in [0.25, 0.3) is 0 Å². The molecule has 1 saturated carbocycles. The van der Waals surface area contributed by atoms with Gasteiger partial charge in [-0.25, -0.2) is 13.1 Å². The van der Waals surface area contributed by atoms with Gasteiger partial charge in [0.05, 0.1) is 4.90 Å². The molecule has 1 aliphatic carbocycles. The van der Waals surface area contributed by atoms with Crippen molar-refractivity contribution in [3.63, 3.8) is 0 Å². The van der Waals surface area contributed by atoms with E-state index in [4.69, 9.17) is 0 Å². The van der Waals surface area contributed by atoms with E-state index in [0.29, 0.717) is 17.4 Å². The summed E-state index contributed by atoms with van der Waals surface area (Å²) in [5.41, 5.74) is 1.01. The number of nitrogens with zero attached hydrogens (tertiary/aromatic N) is 1. The molecule has 2 N–H and O–H groups in total. The first-order valence-electron chi connectivity index (χ1n) is 7.34. The Labute approximate surface area is 121 Å². The molecule has 0 aliphatic heterocycles. The average Bonchev–Trinajstić information content (AvgIpc) is 3.14. The van der Waals surface area contributed by atoms with E-state index in [-0.39, 0.29) is 6.04 Å². The van der Waals surface area contributed by atoms with Crippen molar-refractivity contribution >= 4 is 10.0 Å². The fourth-order valence-corrected chi connectivity index (χ4v) is 3.83. The Bertz CT molecular complexity index is 523. The summed E-state index contributed by atoms with van der Waals surface area (Å²) >= 11 is 0. The zero-order chi connectivity index (χ0) is 14.8. The lowest BCUT2D eigenvalue weighted by molar-refractivity contribution is 0.537. The summed E-state index contributed by atoms with van der Waals surface area (Å²) in [6.45, 7) is 5.55. The maximum Gasteiger partial charge on any atom is 0.242 e. The highest BCUT2D eigenvalue weighted by Gasteiger charge is 2.31. The van der Waals surface area contributed by atoms with Crippen molar-refractivity contribution in [3.8, 4) is 0 Å². The number of nitrogens with one attached hydrogen (secondary N) is 2. The van der Waals surface area contributed by atoms with Gasteiger partial charge in [0, 0.05) is 31.0 Å². The molecule has 1 heterocycles. The van der Waals surface area contributed by atoms with Crippen LogP contribution in [0.4, 0.5) is 0 Å². The molecule has 114 valence electrons. The van der Waals surface area contributed by atoms with Gasteiger partial charge in [0.1, 0.15) is 0 Å². The predicted octanol–water partition coefficient (Wildman–Crippen LogP) is 1.69. The predicted molar refractivity (Wildman–Crippen MR) is 80.0 cm³/mol. The molecule has 1 fully saturated rings. The van der Waals surface area contributed by atoms with Gasteiger partial charge in [-0.2, -0.15) is 0 Å². The summed E-state index contributed by atoms with van der Waals surface area (Å²) in [5, 5.41) is 3.08. The number of rotatable bonds is 8. The molecule has 0 aromatic carbocycles. The molecule has 0 amide bonds. The van der Waals surface area contributed by atoms with Crippen LogP contribution in [0.15, 0.2) is 17.2 Å². The van der Waals surface area contributed by atoms with Crippen LogP contribution in [0.1, 0.15) is 38.8 Å². The fraction of sp³-hybridized carbons (Fsp3) is 0.714. The molecular formula is C14H25N3O2S. The Kier molecular flexibility index (Phi) is 4.88. The average molecular weight is 299 g/mol. The number of hydrogen-bond donors (Lipinski definition) is 2. The van der Waals surface area contributed by atoms with Gasteiger partial charge in [0.25, 0.3) is 0 Å². The normalized spacial score (nSPS) is 17.4. The largest absolute Gasteiger partial charge is 0.349 e. The van der Waals surface area contributed by atoms with E-state index in [1.807, 2.05) is 18.5 Å². The minimum Gasteiger partial charge on any atom is -0.349 e. The van der Waals surface area contributed by atoms with Crippen molar-refractivity contribution in [3.05, 3.63) is 18.0 Å². The molecule has 2 rings (SSSR count). The molecular weight excluding hydrogens is 274 g/mol. The number of aryl methyl sites for hydroxylation is 1. The van der Waals surface area contributed by atoms with Gasteiger partial charge in [-0.05, 0) is 45.2 Å². The Morgan fingerprint density at radius 3 is 2.70 bits per heavy atom. The Morgan fingerprint density at radius 1 is 1.45 bits per heavy atom. The van der Waals surface area contributed by atoms with E-state index in [1.54, 1.807) is 12.3 Å². The van der Waals surface area contributed by atoms with Crippen LogP contribution in [0.3, 0.4) is 0 Å². The molecule has 0 saturated heterocycles. The highest BCUT2D eigenvalue weighted by molar-refractivity contribution is 7.89. The maximum atomic E-state index is 12.4. The zero-order valence-corrected chi connectivity index (χ0v) is 13.3. The van der Waals surface area contributed by atoms with Crippen molar-refractivity contribution in [1.29, 1.82) is 0 Å². The van der Waals surface area contributed by atoms with Gasteiger partial charge >= 0.3 is 0 Å². The Morgan fingerprint density at radius 2 is 2.15 bits per heavy atom. The van der Waals surface area contributed by atoms with Gasteiger partial charge in [-0.1, -0.05) is 6.92 Å². The summed E-state index contributed by atoms with van der Waals surface area (Å²) in [6.07, 6.45) is 4.99. The monoisotopic (exact) mass is 299 g/mol. The third kappa shape index (κ3) is 3.62. The number of hydrogen-bond acceptors (Lipinski definition) is 3. The molecule has 1 aromatic heterocycles. The quantitative estimate of drug-likeness (QED) is 0.768. The summed E-state index contributed by atoms with van der Waals surface area (Å²) in [7, 11) is -1.54. The number of sulfonamides is 1. The minimum atomic E-state index is -3.40. The SMILES string of the molecule is CCCn1cc(S(=O)(=O)NC(C)C2CC2)cc1CNC. The maximum absolute atomic E-state index is 12.4. The first-order valence-corrected chi connectivity index (χ1v) is 8.82. The van der Waals surface area contributed by atoms with Crippen molar-refractivity contribution in [2.45, 2.75) is 57.1 Å². The van der Waals surface area contributed by atoms with Gasteiger partial charge < -0.3 is 9.88 Å². The first-order chi connectivity index (χ1) is 9.47. The minimum absolute atomic E-state index is 0.0299. The van der Waals surface area contributed by atoms with Crippen molar-refractivity contribution < 1.29 is 8.42 Å². The third-order valence-corrected chi connectivity index (χ3v) is 5.29. The highest BCUT2D eigenvalue weighted by atomic mass is 32.2. The standard InChI is InChI=1S/C14H25N3O2S/c1-4-7-17-10-14(8-13(17)9-15-3)20(18,19)16-11(2)12-5-6-12/h8,10-12,15-16H,4-7,9H2,1-3H3. The van der Waals surface area contributed by atoms with Crippen LogP contribution in [-0.2, 0) is 23.1 Å². The fourth-order valence-electron chi connectivity index (χ4n) is 2.46. The van der Waals surface area contributed by atoms with E-state index in [9.17, 15) is 8.42 Å². The molecule has 0 spiro atoms. The van der Waals surface area contributed by atoms with E-state index in [1.165, 1.54) is 0 Å². The lowest BCUT2D eigenvalue weighted by atomic mass is 10.2. The topological polar surface area (TPSA) is 63.1 Å². The second-order valence-electron chi connectivity index (χ2n) is 5.64. The van der Waals surface area contributed by atoms with E-state index in [0.717, 1.165) is 31.5 Å². The van der Waals surface area contributed by atoms with Crippen molar-refractivity contribution in [1.82, 2.24) is 14.6 Å². The van der Waals surface area contributed by atoms with E-state index < -0.39 is 10.0 Å². The highest BCUT2D eigenvalue weighted by Crippen LogP contribution is 2.33. The van der Waals surface area contributed by atoms with Crippen LogP contribution >= 0.6 is 0 Å². The van der Waals surface area contributed by atoms with Crippen LogP contribution < -0.4 is 10.0 Å². The lowest BCUT2D eigenvalue weighted by Crippen LogP contribution is -2.33. The van der Waals surface area contributed by atoms with Gasteiger partial charge in [0.15, 0.2) is 0 Å². The van der Waals surface area contributed by atoms with Gasteiger partial charge in [-0.3, -0.25) is 0 Å². The number of aromatic nitrogens is 1. The summed E-state index contributed by atoms with van der Waals surface area (Å²) in [6, 6.07) is 1.80. The van der Waals surface area contributed by atoms with E-state index in [2.05, 4.69) is 17.0 Å². The van der Waals surface area contributed by atoms with Crippen molar-refractivity contribution in [2.24, 2.45) is 5.92 Å². The molecule has 20 heavy (non-hydrogen) atoms. The third-order valence-electron chi connectivity index (χ3n) is 3.76. The molecule has 5 nitrogen and oxygen atoms in total. The molecule has 1 aliphatic rings. The second-order valence-corrected chi connectivity index (χ2v) is 7.35. The van der Waals surface area contributed by atoms with Gasteiger partial charge in [-0.15, -0.1) is 0 Å². The molecule has 1 aromatic rings. The molecule has 6 heteroatoms. The molecule has 0 bridgehead atoms.